The second-order valence-corrected chi connectivity index (χ2v) is 17.6. The SMILES string of the molecule is CCCCCCCCCCCCCCCC(=O)N(C)[C@H](CCCCN)C(=O)N[C@H](C)C(=O)NCC(=O)N(C)[C@@H]1C(=O)N[C@@H](C)C(=O)N[C@H](C(=O)O)Cc2ccc(O)c(c2)-c2cc1ccc2O. The summed E-state index contributed by atoms with van der Waals surface area (Å²) in [5.41, 5.74) is 6.50. The molecule has 3 rings (SSSR count). The summed E-state index contributed by atoms with van der Waals surface area (Å²) >= 11 is 0. The van der Waals surface area contributed by atoms with Crippen molar-refractivity contribution in [2.75, 3.05) is 27.2 Å². The van der Waals surface area contributed by atoms with Crippen LogP contribution < -0.4 is 27.0 Å². The molecular weight excluding hydrogens is 847 g/mol. The van der Waals surface area contributed by atoms with Crippen LogP contribution in [0, 0.1) is 0 Å². The summed E-state index contributed by atoms with van der Waals surface area (Å²) in [4.78, 5) is 95.7. The Kier molecular flexibility index (Phi) is 23.5. The maximum absolute atomic E-state index is 14.0. The Labute approximate surface area is 390 Å². The van der Waals surface area contributed by atoms with E-state index in [0.29, 0.717) is 44.2 Å². The lowest BCUT2D eigenvalue weighted by Gasteiger charge is -2.30. The van der Waals surface area contributed by atoms with Crippen LogP contribution in [0.2, 0.25) is 0 Å². The summed E-state index contributed by atoms with van der Waals surface area (Å²) in [6.45, 7) is 4.84. The van der Waals surface area contributed by atoms with E-state index in [1.54, 1.807) is 7.05 Å². The summed E-state index contributed by atoms with van der Waals surface area (Å²) in [6.07, 6.45) is 17.1. The Morgan fingerprint density at radius 3 is 1.92 bits per heavy atom. The Bertz CT molecular complexity index is 1940. The number of amides is 6. The molecule has 0 saturated heterocycles. The van der Waals surface area contributed by atoms with Crippen LogP contribution in [0.3, 0.4) is 0 Å². The fourth-order valence-electron chi connectivity index (χ4n) is 8.09. The number of hydrogen-bond acceptors (Lipinski definition) is 10. The third-order valence-electron chi connectivity index (χ3n) is 12.3. The topological polar surface area (TPSA) is 261 Å². The first kappa shape index (κ1) is 54.6. The van der Waals surface area contributed by atoms with Crippen LogP contribution in [0.25, 0.3) is 11.1 Å². The van der Waals surface area contributed by atoms with Gasteiger partial charge in [0.25, 0.3) is 0 Å². The summed E-state index contributed by atoms with van der Waals surface area (Å²) in [5, 5.41) is 41.7. The average molecular weight is 922 g/mol. The number of fused-ring (bicyclic) bond motifs is 5. The summed E-state index contributed by atoms with van der Waals surface area (Å²) in [7, 11) is 2.90. The second-order valence-electron chi connectivity index (χ2n) is 17.6. The lowest BCUT2D eigenvalue weighted by atomic mass is 9.94. The van der Waals surface area contributed by atoms with Crippen LogP contribution in [0.5, 0.6) is 11.5 Å². The zero-order valence-corrected chi connectivity index (χ0v) is 39.7. The minimum atomic E-state index is -1.45. The number of phenolic OH excluding ortho intramolecular Hbond substituents is 2. The third-order valence-corrected chi connectivity index (χ3v) is 12.3. The third kappa shape index (κ3) is 17.3. The van der Waals surface area contributed by atoms with Gasteiger partial charge in [0.05, 0.1) is 6.54 Å². The minimum absolute atomic E-state index is 0.0812. The number of aliphatic carboxylic acids is 1. The molecule has 2 aromatic rings. The van der Waals surface area contributed by atoms with Crippen molar-refractivity contribution in [3.8, 4) is 22.6 Å². The van der Waals surface area contributed by atoms with Gasteiger partial charge in [-0.2, -0.15) is 0 Å². The number of nitrogens with one attached hydrogen (secondary N) is 4. The van der Waals surface area contributed by atoms with Crippen LogP contribution in [0.15, 0.2) is 36.4 Å². The Morgan fingerprint density at radius 1 is 0.758 bits per heavy atom. The highest BCUT2D eigenvalue weighted by atomic mass is 16.4. The van der Waals surface area contributed by atoms with Crippen LogP contribution in [-0.2, 0) is 40.0 Å². The number of aromatic hydroxyl groups is 2. The number of carbonyl (C=O) groups excluding carboxylic acids is 6. The number of nitrogens with zero attached hydrogens (tertiary/aromatic N) is 2. The molecule has 17 heteroatoms. The Morgan fingerprint density at radius 2 is 1.33 bits per heavy atom. The van der Waals surface area contributed by atoms with Gasteiger partial charge in [-0.3, -0.25) is 28.8 Å². The Balaban J connectivity index is 1.65. The molecule has 2 aromatic carbocycles. The number of phenols is 2. The number of carboxylic acids is 1. The van der Waals surface area contributed by atoms with Crippen LogP contribution >= 0.6 is 0 Å². The molecule has 0 aromatic heterocycles. The lowest BCUT2D eigenvalue weighted by molar-refractivity contribution is -0.143. The van der Waals surface area contributed by atoms with Crippen molar-refractivity contribution >= 4 is 41.4 Å². The molecule has 1 aliphatic rings. The zero-order chi connectivity index (χ0) is 48.8. The second kappa shape index (κ2) is 28.4. The van der Waals surface area contributed by atoms with E-state index in [-0.39, 0.29) is 40.5 Å². The lowest BCUT2D eigenvalue weighted by Crippen LogP contribution is -2.55. The largest absolute Gasteiger partial charge is 0.507 e. The molecule has 1 heterocycles. The highest BCUT2D eigenvalue weighted by molar-refractivity contribution is 5.96. The van der Waals surface area contributed by atoms with Crippen molar-refractivity contribution in [1.82, 2.24) is 31.1 Å². The molecule has 0 radical (unpaired) electrons. The summed E-state index contributed by atoms with van der Waals surface area (Å²) in [6, 6.07) is 2.26. The monoisotopic (exact) mass is 922 g/mol. The molecule has 1 aliphatic heterocycles. The molecule has 5 atom stereocenters. The van der Waals surface area contributed by atoms with Gasteiger partial charge in [0.1, 0.15) is 41.7 Å². The predicted octanol–water partition coefficient (Wildman–Crippen LogP) is 4.95. The van der Waals surface area contributed by atoms with Crippen LogP contribution in [0.1, 0.15) is 147 Å². The molecule has 366 valence electrons. The zero-order valence-electron chi connectivity index (χ0n) is 39.7. The number of likely N-dealkylation sites (N-methyl/N-ethyl adjacent to an activating group) is 2. The van der Waals surface area contributed by atoms with Crippen molar-refractivity contribution in [2.45, 2.75) is 167 Å². The molecule has 17 nitrogen and oxygen atoms in total. The van der Waals surface area contributed by atoms with Crippen molar-refractivity contribution in [3.63, 3.8) is 0 Å². The maximum Gasteiger partial charge on any atom is 0.326 e. The van der Waals surface area contributed by atoms with Crippen molar-refractivity contribution in [1.29, 1.82) is 0 Å². The molecule has 66 heavy (non-hydrogen) atoms. The van der Waals surface area contributed by atoms with Gasteiger partial charge in [0, 0.05) is 38.1 Å². The smallest absolute Gasteiger partial charge is 0.326 e. The van der Waals surface area contributed by atoms with E-state index in [9.17, 15) is 48.9 Å². The minimum Gasteiger partial charge on any atom is -0.507 e. The highest BCUT2D eigenvalue weighted by Gasteiger charge is 2.34. The van der Waals surface area contributed by atoms with Gasteiger partial charge in [-0.25, -0.2) is 4.79 Å². The first-order valence-electron chi connectivity index (χ1n) is 23.8. The molecule has 0 unspecified atom stereocenters. The van der Waals surface area contributed by atoms with Gasteiger partial charge >= 0.3 is 5.97 Å². The molecule has 0 spiro atoms. The van der Waals surface area contributed by atoms with Gasteiger partial charge in [-0.15, -0.1) is 0 Å². The van der Waals surface area contributed by atoms with Gasteiger partial charge in [-0.05, 0) is 81.5 Å². The standard InChI is InChI=1S/C49H75N7O10/c1-6-7-8-9-10-11-12-13-14-15-16-17-18-22-42(59)55(4)39(21-19-20-27-50)47(63)52-32(2)45(61)51-31-43(60)56(5)44-35-24-26-41(58)37(30-35)36-28-34(23-25-40(36)57)29-38(49(65)66)54-46(62)33(3)53-48(44)64/h23-26,28,30,32-33,38-39,44,57-58H,6-22,27,29,31,50H2,1-5H3,(H,51,61)(H,52,63)(H,53,64)(H,54,62)(H,65,66)/t32-,33+,38+,39-,44+/m1/s1. The average Bonchev–Trinajstić information content (AvgIpc) is 3.28. The van der Waals surface area contributed by atoms with Crippen LogP contribution in [0.4, 0.5) is 0 Å². The van der Waals surface area contributed by atoms with E-state index in [0.717, 1.165) is 24.2 Å². The number of unbranched alkanes of at least 4 members (excludes halogenated alkanes) is 13. The van der Waals surface area contributed by atoms with Gasteiger partial charge < -0.3 is 52.1 Å². The maximum atomic E-state index is 14.0. The number of carbonyl (C=O) groups is 7. The number of hydrogen-bond donors (Lipinski definition) is 8. The molecule has 4 bridgehead atoms. The quantitative estimate of drug-likeness (QED) is 0.0586. The van der Waals surface area contributed by atoms with E-state index in [2.05, 4.69) is 28.2 Å². The van der Waals surface area contributed by atoms with Gasteiger partial charge in [0.15, 0.2) is 0 Å². The first-order valence-corrected chi connectivity index (χ1v) is 23.8. The summed E-state index contributed by atoms with van der Waals surface area (Å²) < 4.78 is 0. The number of carboxylic acid groups (broad SMARTS) is 1. The fraction of sp³-hybridized carbons (Fsp3) is 0.612. The molecular formula is C49H75N7O10. The first-order chi connectivity index (χ1) is 31.5. The fourth-order valence-corrected chi connectivity index (χ4v) is 8.09. The van der Waals surface area contributed by atoms with Crippen molar-refractivity contribution < 1.29 is 48.9 Å². The highest BCUT2D eigenvalue weighted by Crippen LogP contribution is 2.38. The molecule has 6 amide bonds. The van der Waals surface area contributed by atoms with Crippen LogP contribution in [-0.4, -0.2) is 118 Å². The van der Waals surface area contributed by atoms with E-state index in [1.165, 1.54) is 120 Å². The number of rotatable bonds is 26. The van der Waals surface area contributed by atoms with E-state index >= 15 is 0 Å². The molecule has 0 saturated carbocycles. The normalized spacial score (nSPS) is 17.0. The van der Waals surface area contributed by atoms with E-state index in [4.69, 9.17) is 5.73 Å². The van der Waals surface area contributed by atoms with E-state index < -0.39 is 72.3 Å². The molecule has 0 aliphatic carbocycles. The van der Waals surface area contributed by atoms with Gasteiger partial charge in [-0.1, -0.05) is 96.1 Å². The van der Waals surface area contributed by atoms with Gasteiger partial charge in [0.2, 0.25) is 35.4 Å². The number of benzene rings is 2. The summed E-state index contributed by atoms with van der Waals surface area (Å²) in [5.74, 6) is -5.67. The Hall–Kier alpha value is -5.71. The van der Waals surface area contributed by atoms with Crippen molar-refractivity contribution in [2.24, 2.45) is 5.73 Å². The van der Waals surface area contributed by atoms with Crippen molar-refractivity contribution in [3.05, 3.63) is 47.5 Å². The molecule has 9 N–H and O–H groups in total. The number of nitrogens with two attached hydrogens (primary N) is 1. The predicted molar refractivity (Wildman–Crippen MR) is 252 cm³/mol. The van der Waals surface area contributed by atoms with E-state index in [1.807, 2.05) is 0 Å². The molecule has 0 fully saturated rings.